The first-order valence-corrected chi connectivity index (χ1v) is 11.5. The molecule has 2 aliphatic rings. The number of rotatable bonds is 5. The Balaban J connectivity index is 1.33. The second-order valence-electron chi connectivity index (χ2n) is 9.34. The molecule has 2 atom stereocenters. The average Bonchev–Trinajstić information content (AvgIpc) is 2.82. The molecule has 1 amide bonds. The summed E-state index contributed by atoms with van der Waals surface area (Å²) in [5.41, 5.74) is 1.65. The van der Waals surface area contributed by atoms with Gasteiger partial charge in [0.2, 0.25) is 5.91 Å². The van der Waals surface area contributed by atoms with Crippen LogP contribution in [0.3, 0.4) is 0 Å². The normalized spacial score (nSPS) is 18.9. The lowest BCUT2D eigenvalue weighted by molar-refractivity contribution is -0.133. The van der Waals surface area contributed by atoms with E-state index in [1.54, 1.807) is 23.8 Å². The van der Waals surface area contributed by atoms with Crippen molar-refractivity contribution < 1.29 is 19.2 Å². The molecule has 1 saturated heterocycles. The number of nitrogens with zero attached hydrogens (tertiary/aromatic N) is 3. The predicted molar refractivity (Wildman–Crippen MR) is 128 cm³/mol. The van der Waals surface area contributed by atoms with Gasteiger partial charge in [-0.15, -0.1) is 0 Å². The van der Waals surface area contributed by atoms with Gasteiger partial charge >= 0.3 is 5.63 Å². The molecule has 2 bridgehead atoms. The zero-order valence-electron chi connectivity index (χ0n) is 19.5. The van der Waals surface area contributed by atoms with Crippen molar-refractivity contribution in [3.05, 3.63) is 73.1 Å². The molecule has 2 unspecified atom stereocenters. The minimum atomic E-state index is -0.510. The highest BCUT2D eigenvalue weighted by atomic mass is 16.8. The number of aromatic nitrogens is 1. The van der Waals surface area contributed by atoms with Crippen LogP contribution in [0.1, 0.15) is 35.6 Å². The molecule has 2 aliphatic heterocycles. The first-order valence-electron chi connectivity index (χ1n) is 11.5. The van der Waals surface area contributed by atoms with Crippen LogP contribution in [-0.4, -0.2) is 40.8 Å². The molecule has 35 heavy (non-hydrogen) atoms. The Morgan fingerprint density at radius 3 is 2.77 bits per heavy atom. The zero-order valence-corrected chi connectivity index (χ0v) is 19.5. The average molecular weight is 480 g/mol. The highest BCUT2D eigenvalue weighted by molar-refractivity contribution is 5.83. The van der Waals surface area contributed by atoms with Crippen molar-refractivity contribution in [3.8, 4) is 5.75 Å². The molecule has 1 fully saturated rings. The van der Waals surface area contributed by atoms with Crippen LogP contribution in [0.2, 0.25) is 0 Å². The molecule has 3 aromatic rings. The molecule has 1 aromatic carbocycles. The third-order valence-corrected chi connectivity index (χ3v) is 7.10. The first kappa shape index (κ1) is 23.1. The number of pyridine rings is 1. The van der Waals surface area contributed by atoms with Crippen LogP contribution in [0.4, 0.5) is 5.69 Å². The van der Waals surface area contributed by atoms with Gasteiger partial charge in [-0.3, -0.25) is 14.8 Å². The van der Waals surface area contributed by atoms with Crippen molar-refractivity contribution in [2.75, 3.05) is 25.4 Å². The Labute approximate surface area is 200 Å². The predicted octanol–water partition coefficient (Wildman–Crippen LogP) is 2.54. The van der Waals surface area contributed by atoms with E-state index in [0.29, 0.717) is 43.8 Å². The van der Waals surface area contributed by atoms with Crippen molar-refractivity contribution in [2.24, 2.45) is 5.92 Å². The number of methoxy groups -OCH3 is 1. The van der Waals surface area contributed by atoms with Gasteiger partial charge in [0.1, 0.15) is 17.0 Å². The lowest BCUT2D eigenvalue weighted by Crippen LogP contribution is -2.49. The fourth-order valence-corrected chi connectivity index (χ4v) is 5.46. The lowest BCUT2D eigenvalue weighted by Gasteiger charge is -2.43. The minimum Gasteiger partial charge on any atom is -0.733 e. The van der Waals surface area contributed by atoms with Gasteiger partial charge in [0.15, 0.2) is 0 Å². The second kappa shape index (κ2) is 8.86. The molecule has 184 valence electrons. The summed E-state index contributed by atoms with van der Waals surface area (Å²) in [5.74, 6) is 0.673. The van der Waals surface area contributed by atoms with E-state index >= 15 is 0 Å². The van der Waals surface area contributed by atoms with Crippen molar-refractivity contribution in [3.63, 3.8) is 0 Å². The summed E-state index contributed by atoms with van der Waals surface area (Å²) in [6, 6.07) is 8.06. The number of carbonyl (C=O) groups is 1. The third kappa shape index (κ3) is 4.19. The largest absolute Gasteiger partial charge is 0.733 e. The van der Waals surface area contributed by atoms with Crippen LogP contribution in [0.5, 0.6) is 5.75 Å². The Bertz CT molecular complexity index is 1430. The molecule has 1 N–H and O–H groups in total. The van der Waals surface area contributed by atoms with E-state index in [4.69, 9.17) is 9.15 Å². The monoisotopic (exact) mass is 480 g/mol. The Kier molecular flexibility index (Phi) is 5.86. The summed E-state index contributed by atoms with van der Waals surface area (Å²) >= 11 is 0. The topological polar surface area (TPSA) is 128 Å². The number of aryl methyl sites for hydroxylation is 2. The van der Waals surface area contributed by atoms with Crippen molar-refractivity contribution in [1.82, 2.24) is 9.47 Å². The molecular weight excluding hydrogens is 454 g/mol. The van der Waals surface area contributed by atoms with E-state index in [0.717, 1.165) is 28.6 Å². The number of amides is 1. The summed E-state index contributed by atoms with van der Waals surface area (Å²) in [4.78, 5) is 39.3. The zero-order chi connectivity index (χ0) is 24.9. The molecule has 5 rings (SSSR count). The maximum Gasteiger partial charge on any atom is 0.336 e. The van der Waals surface area contributed by atoms with Crippen LogP contribution >= 0.6 is 0 Å². The van der Waals surface area contributed by atoms with Crippen molar-refractivity contribution in [1.29, 1.82) is 0 Å². The van der Waals surface area contributed by atoms with Gasteiger partial charge < -0.3 is 29.1 Å². The van der Waals surface area contributed by atoms with Crippen molar-refractivity contribution in [2.45, 2.75) is 38.6 Å². The molecule has 10 heteroatoms. The van der Waals surface area contributed by atoms with Gasteiger partial charge in [0.25, 0.3) is 5.56 Å². The van der Waals surface area contributed by atoms with Crippen LogP contribution in [0.25, 0.3) is 11.0 Å². The lowest BCUT2D eigenvalue weighted by atomic mass is 9.83. The SMILES string of the molecule is COc1cc2oc(=O)cc(C)c2cc1CCC(=O)N1CC2CC(C1)c1ccc(N([O-])O)c(=O)n1C2. The van der Waals surface area contributed by atoms with E-state index in [9.17, 15) is 24.8 Å². The summed E-state index contributed by atoms with van der Waals surface area (Å²) in [5, 5.41) is 20.9. The maximum absolute atomic E-state index is 13.2. The fourth-order valence-electron chi connectivity index (χ4n) is 5.46. The van der Waals surface area contributed by atoms with Gasteiger partial charge in [0.05, 0.1) is 7.11 Å². The number of piperidine rings is 1. The first-order chi connectivity index (χ1) is 16.7. The van der Waals surface area contributed by atoms with E-state index in [1.165, 1.54) is 12.1 Å². The summed E-state index contributed by atoms with van der Waals surface area (Å²) in [7, 11) is 1.54. The van der Waals surface area contributed by atoms with E-state index in [1.807, 2.05) is 17.9 Å². The standard InChI is InChI=1S/C25H26N3O7/c1-14-7-24(30)35-22-10-21(34-2)16(9-18(14)22)3-6-23(29)26-11-15-8-17(13-26)19-4-5-20(28(32)33)25(31)27(19)12-15/h4-5,7,9-10,15,17,32H,3,6,8,11-13H2,1-2H3/q-1. The number of carbonyl (C=O) groups excluding carboxylic acids is 1. The number of benzene rings is 1. The fraction of sp³-hybridized carbons (Fsp3) is 0.400. The number of hydrogen-bond donors (Lipinski definition) is 1. The summed E-state index contributed by atoms with van der Waals surface area (Å²) in [6.45, 7) is 3.27. The van der Waals surface area contributed by atoms with Gasteiger partial charge in [-0.2, -0.15) is 0 Å². The molecular formula is C25H26N3O7-. The number of likely N-dealkylation sites (tertiary alicyclic amines) is 1. The minimum absolute atomic E-state index is 0.00671. The smallest absolute Gasteiger partial charge is 0.336 e. The highest BCUT2D eigenvalue weighted by Gasteiger charge is 2.36. The quantitative estimate of drug-likeness (QED) is 0.436. The van der Waals surface area contributed by atoms with Gasteiger partial charge in [-0.1, -0.05) is 0 Å². The Hall–Kier alpha value is -3.63. The van der Waals surface area contributed by atoms with Gasteiger partial charge in [-0.05, 0) is 55.0 Å². The van der Waals surface area contributed by atoms with E-state index < -0.39 is 16.4 Å². The molecule has 10 nitrogen and oxygen atoms in total. The number of hydrogen-bond acceptors (Lipinski definition) is 8. The number of anilines is 1. The summed E-state index contributed by atoms with van der Waals surface area (Å²) in [6.07, 6.45) is 1.63. The molecule has 0 saturated carbocycles. The molecule has 0 spiro atoms. The Morgan fingerprint density at radius 2 is 2.03 bits per heavy atom. The Morgan fingerprint density at radius 1 is 1.23 bits per heavy atom. The molecule has 0 aliphatic carbocycles. The van der Waals surface area contributed by atoms with Gasteiger partial charge in [-0.25, -0.2) is 4.79 Å². The molecule has 2 aromatic heterocycles. The molecule has 0 radical (unpaired) electrons. The third-order valence-electron chi connectivity index (χ3n) is 7.10. The molecule has 4 heterocycles. The maximum atomic E-state index is 13.2. The van der Waals surface area contributed by atoms with E-state index in [-0.39, 0.29) is 23.4 Å². The highest BCUT2D eigenvalue weighted by Crippen LogP contribution is 2.36. The van der Waals surface area contributed by atoms with Crippen molar-refractivity contribution >= 4 is 22.6 Å². The van der Waals surface area contributed by atoms with Crippen LogP contribution < -0.4 is 21.1 Å². The van der Waals surface area contributed by atoms with Crippen LogP contribution in [0.15, 0.2) is 44.3 Å². The number of fused-ring (bicyclic) bond motifs is 5. The van der Waals surface area contributed by atoms with Crippen LogP contribution in [0, 0.1) is 18.0 Å². The number of ether oxygens (including phenoxy) is 1. The van der Waals surface area contributed by atoms with E-state index in [2.05, 4.69) is 0 Å². The summed E-state index contributed by atoms with van der Waals surface area (Å²) < 4.78 is 12.3. The second-order valence-corrected chi connectivity index (χ2v) is 9.34. The van der Waals surface area contributed by atoms with Crippen LogP contribution in [-0.2, 0) is 17.8 Å². The van der Waals surface area contributed by atoms with Gasteiger partial charge in [0, 0.05) is 55.2 Å².